The van der Waals surface area contributed by atoms with Crippen molar-refractivity contribution in [2.24, 2.45) is 0 Å². The molecule has 0 aliphatic rings. The molecule has 0 spiro atoms. The van der Waals surface area contributed by atoms with Gasteiger partial charge in [-0.05, 0) is 124 Å². The van der Waals surface area contributed by atoms with Crippen molar-refractivity contribution in [2.45, 2.75) is 0 Å². The number of nitrogens with zero attached hydrogens (tertiary/aromatic N) is 8. The van der Waals surface area contributed by atoms with E-state index in [4.69, 9.17) is 15.0 Å². The lowest BCUT2D eigenvalue weighted by Crippen LogP contribution is -2.04. The van der Waals surface area contributed by atoms with Gasteiger partial charge in [-0.2, -0.15) is 15.8 Å². The van der Waals surface area contributed by atoms with Crippen LogP contribution < -0.4 is 0 Å². The first-order valence-corrected chi connectivity index (χ1v) is 24.2. The molecule has 0 bridgehead atoms. The number of benzene rings is 10. The molecule has 0 fully saturated rings. The van der Waals surface area contributed by atoms with Gasteiger partial charge in [0.1, 0.15) is 0 Å². The second-order valence-corrected chi connectivity index (χ2v) is 18.2. The molecule has 0 N–H and O–H groups in total. The molecule has 0 aliphatic carbocycles. The summed E-state index contributed by atoms with van der Waals surface area (Å²) in [6.07, 6.45) is 0. The number of fused-ring (bicyclic) bond motifs is 6. The minimum atomic E-state index is 0.424. The van der Waals surface area contributed by atoms with Crippen molar-refractivity contribution in [3.8, 4) is 97.1 Å². The molecule has 0 aliphatic heterocycles. The van der Waals surface area contributed by atoms with Gasteiger partial charge >= 0.3 is 0 Å². The molecular weight excluding hydrogens is 905 g/mol. The highest BCUT2D eigenvalue weighted by Gasteiger charge is 2.23. The van der Waals surface area contributed by atoms with Crippen LogP contribution in [0.5, 0.6) is 0 Å². The van der Waals surface area contributed by atoms with E-state index in [1.54, 1.807) is 0 Å². The number of para-hydroxylation sites is 4. The molecule has 8 heteroatoms. The Morgan fingerprint density at radius 1 is 0.270 bits per heavy atom. The minimum absolute atomic E-state index is 0.424. The average Bonchev–Trinajstić information content (AvgIpc) is 4.00. The summed E-state index contributed by atoms with van der Waals surface area (Å²) in [6.45, 7) is 0. The Balaban J connectivity index is 1.12. The Bertz CT molecular complexity index is 4190. The lowest BCUT2D eigenvalue weighted by molar-refractivity contribution is 1.07. The van der Waals surface area contributed by atoms with Gasteiger partial charge in [-0.1, -0.05) is 140 Å². The quantitative estimate of drug-likeness (QED) is 0.150. The van der Waals surface area contributed by atoms with Crippen LogP contribution >= 0.6 is 0 Å². The Kier molecular flexibility index (Phi) is 10.5. The van der Waals surface area contributed by atoms with Crippen LogP contribution in [0.25, 0.3) is 123 Å². The largest absolute Gasteiger partial charge is 0.309 e. The van der Waals surface area contributed by atoms with Gasteiger partial charge in [0.2, 0.25) is 0 Å². The van der Waals surface area contributed by atoms with Crippen molar-refractivity contribution >= 4 is 43.6 Å². The number of rotatable bonds is 8. The normalized spacial score (nSPS) is 11.2. The van der Waals surface area contributed by atoms with Crippen LogP contribution in [0, 0.1) is 34.0 Å². The number of hydrogen-bond donors (Lipinski definition) is 0. The van der Waals surface area contributed by atoms with Gasteiger partial charge in [-0.25, -0.2) is 15.0 Å². The molecule has 0 radical (unpaired) electrons. The third kappa shape index (κ3) is 7.42. The van der Waals surface area contributed by atoms with E-state index in [-0.39, 0.29) is 0 Å². The van der Waals surface area contributed by atoms with Crippen molar-refractivity contribution in [1.82, 2.24) is 24.1 Å². The molecule has 74 heavy (non-hydrogen) atoms. The van der Waals surface area contributed by atoms with Gasteiger partial charge in [0, 0.05) is 49.6 Å². The van der Waals surface area contributed by atoms with Crippen LogP contribution in [-0.4, -0.2) is 24.1 Å². The molecule has 3 aromatic heterocycles. The van der Waals surface area contributed by atoms with E-state index in [1.807, 2.05) is 91.0 Å². The number of nitriles is 3. The van der Waals surface area contributed by atoms with Crippen LogP contribution in [-0.2, 0) is 0 Å². The highest BCUT2D eigenvalue weighted by Crippen LogP contribution is 2.41. The first-order valence-electron chi connectivity index (χ1n) is 24.2. The van der Waals surface area contributed by atoms with Crippen molar-refractivity contribution in [1.29, 1.82) is 15.8 Å². The van der Waals surface area contributed by atoms with Gasteiger partial charge < -0.3 is 9.13 Å². The van der Waals surface area contributed by atoms with E-state index >= 15 is 0 Å². The third-order valence-corrected chi connectivity index (χ3v) is 13.9. The fraction of sp³-hybridized carbons (Fsp3) is 0. The molecule has 13 aromatic rings. The summed E-state index contributed by atoms with van der Waals surface area (Å²) in [5.74, 6) is 1.29. The van der Waals surface area contributed by atoms with Gasteiger partial charge in [0.05, 0.1) is 57.0 Å². The molecule has 0 saturated heterocycles. The SMILES string of the molecule is N#Cc1ccc(-c2cccc(-c3nc(-c4cc(-n5c6ccccc6c6ccccc65)ccc4-c4cccc(C#N)c4)nc(-c4cc(-n5c6ccccc6c6ccccc65)ccc4-c4cccc(C#N)c4)n3)c2)cc1. The van der Waals surface area contributed by atoms with E-state index in [2.05, 4.69) is 167 Å². The summed E-state index contributed by atoms with van der Waals surface area (Å²) in [6, 6.07) is 84.3. The Labute approximate surface area is 425 Å². The minimum Gasteiger partial charge on any atom is -0.309 e. The molecule has 0 amide bonds. The summed E-state index contributed by atoms with van der Waals surface area (Å²) in [4.78, 5) is 16.4. The lowest BCUT2D eigenvalue weighted by Gasteiger charge is -2.17. The standard InChI is InChI=1S/C66H38N8/c67-39-42-26-28-45(29-27-42)46-14-11-17-49(36-46)64-70-65(58-37-50(30-32-52(58)47-15-9-12-43(34-47)40-68)73-60-22-5-1-18-54(60)55-19-2-6-23-61(55)73)72-66(71-64)59-38-51(31-33-53(59)48-16-10-13-44(35-48)41-69)74-62-24-7-3-20-56(62)57-21-4-8-25-63(57)74/h1-38H. The van der Waals surface area contributed by atoms with Crippen molar-refractivity contribution in [2.75, 3.05) is 0 Å². The fourth-order valence-corrected chi connectivity index (χ4v) is 10.5. The summed E-state index contributed by atoms with van der Waals surface area (Å²) >= 11 is 0. The summed E-state index contributed by atoms with van der Waals surface area (Å²) < 4.78 is 4.56. The Hall–Kier alpha value is -10.7. The molecule has 10 aromatic carbocycles. The van der Waals surface area contributed by atoms with Crippen LogP contribution in [0.3, 0.4) is 0 Å². The Morgan fingerprint density at radius 3 is 1.11 bits per heavy atom. The van der Waals surface area contributed by atoms with Gasteiger partial charge in [0.15, 0.2) is 17.5 Å². The summed E-state index contributed by atoms with van der Waals surface area (Å²) in [7, 11) is 0. The third-order valence-electron chi connectivity index (χ3n) is 13.9. The van der Waals surface area contributed by atoms with Crippen molar-refractivity contribution in [3.63, 3.8) is 0 Å². The predicted octanol–water partition coefficient (Wildman–Crippen LogP) is 15.7. The second kappa shape index (κ2) is 17.9. The number of hydrogen-bond acceptors (Lipinski definition) is 6. The fourth-order valence-electron chi connectivity index (χ4n) is 10.5. The predicted molar refractivity (Wildman–Crippen MR) is 295 cm³/mol. The van der Waals surface area contributed by atoms with Crippen LogP contribution in [0.2, 0.25) is 0 Å². The molecule has 13 rings (SSSR count). The van der Waals surface area contributed by atoms with Gasteiger partial charge in [-0.3, -0.25) is 0 Å². The lowest BCUT2D eigenvalue weighted by atomic mass is 9.95. The zero-order chi connectivity index (χ0) is 49.7. The molecule has 8 nitrogen and oxygen atoms in total. The van der Waals surface area contributed by atoms with Gasteiger partial charge in [-0.15, -0.1) is 0 Å². The zero-order valence-corrected chi connectivity index (χ0v) is 39.5. The molecule has 0 atom stereocenters. The van der Waals surface area contributed by atoms with Crippen LogP contribution in [0.4, 0.5) is 0 Å². The summed E-state index contributed by atoms with van der Waals surface area (Å²) in [5, 5.41) is 34.5. The summed E-state index contributed by atoms with van der Waals surface area (Å²) in [5.41, 5.74) is 15.1. The van der Waals surface area contributed by atoms with Crippen LogP contribution in [0.15, 0.2) is 231 Å². The molecule has 342 valence electrons. The van der Waals surface area contributed by atoms with E-state index in [9.17, 15) is 15.8 Å². The molecule has 3 heterocycles. The average molecular weight is 943 g/mol. The highest BCUT2D eigenvalue weighted by molar-refractivity contribution is 6.10. The first kappa shape index (κ1) is 43.3. The zero-order valence-electron chi connectivity index (χ0n) is 39.5. The molecule has 0 unspecified atom stereocenters. The maximum atomic E-state index is 10.2. The van der Waals surface area contributed by atoms with Crippen LogP contribution in [0.1, 0.15) is 16.7 Å². The Morgan fingerprint density at radius 2 is 0.662 bits per heavy atom. The first-order chi connectivity index (χ1) is 36.5. The van der Waals surface area contributed by atoms with E-state index < -0.39 is 0 Å². The van der Waals surface area contributed by atoms with E-state index in [0.717, 1.165) is 105 Å². The van der Waals surface area contributed by atoms with Crippen molar-refractivity contribution in [3.05, 3.63) is 247 Å². The molecule has 0 saturated carbocycles. The molecular formula is C66H38N8. The smallest absolute Gasteiger partial charge is 0.164 e. The van der Waals surface area contributed by atoms with Gasteiger partial charge in [0.25, 0.3) is 0 Å². The van der Waals surface area contributed by atoms with E-state index in [0.29, 0.717) is 34.2 Å². The topological polar surface area (TPSA) is 120 Å². The van der Waals surface area contributed by atoms with Crippen molar-refractivity contribution < 1.29 is 0 Å². The monoisotopic (exact) mass is 942 g/mol. The number of aromatic nitrogens is 5. The second-order valence-electron chi connectivity index (χ2n) is 18.2. The van der Waals surface area contributed by atoms with E-state index in [1.165, 1.54) is 0 Å². The highest BCUT2D eigenvalue weighted by atomic mass is 15.0. The maximum Gasteiger partial charge on any atom is 0.164 e. The maximum absolute atomic E-state index is 10.2.